The van der Waals surface area contributed by atoms with Gasteiger partial charge in [0, 0.05) is 44.8 Å². The topological polar surface area (TPSA) is 32.5 Å². The van der Waals surface area contributed by atoms with E-state index in [2.05, 4.69) is 55.7 Å². The Bertz CT molecular complexity index is 434. The van der Waals surface area contributed by atoms with Gasteiger partial charge in [-0.2, -0.15) is 0 Å². The van der Waals surface area contributed by atoms with Gasteiger partial charge >= 0.3 is 0 Å². The summed E-state index contributed by atoms with van der Waals surface area (Å²) in [7, 11) is 0. The summed E-state index contributed by atoms with van der Waals surface area (Å²) in [6, 6.07) is 7.38. The first-order chi connectivity index (χ1) is 9.47. The number of nitrogens with two attached hydrogens (primary N) is 1. The van der Waals surface area contributed by atoms with Crippen LogP contribution < -0.4 is 5.73 Å². The van der Waals surface area contributed by atoms with Crippen molar-refractivity contribution in [2.24, 2.45) is 5.73 Å². The van der Waals surface area contributed by atoms with Gasteiger partial charge in [-0.15, -0.1) is 0 Å². The molecule has 0 aromatic heterocycles. The van der Waals surface area contributed by atoms with Gasteiger partial charge in [0.25, 0.3) is 0 Å². The number of aryl methyl sites for hydroxylation is 2. The summed E-state index contributed by atoms with van der Waals surface area (Å²) in [6.45, 7) is 14.4. The van der Waals surface area contributed by atoms with E-state index in [0.29, 0.717) is 6.04 Å². The smallest absolute Gasteiger partial charge is 0.0424 e. The lowest BCUT2D eigenvalue weighted by Gasteiger charge is -2.37. The van der Waals surface area contributed by atoms with Gasteiger partial charge in [0.15, 0.2) is 0 Å². The summed E-state index contributed by atoms with van der Waals surface area (Å²) < 4.78 is 0. The Morgan fingerprint density at radius 2 is 1.70 bits per heavy atom. The highest BCUT2D eigenvalue weighted by molar-refractivity contribution is 5.31. The van der Waals surface area contributed by atoms with Crippen LogP contribution in [0.2, 0.25) is 0 Å². The van der Waals surface area contributed by atoms with E-state index in [1.54, 1.807) is 0 Å². The molecule has 2 N–H and O–H groups in total. The molecule has 1 saturated heterocycles. The van der Waals surface area contributed by atoms with Crippen LogP contribution >= 0.6 is 0 Å². The molecule has 20 heavy (non-hydrogen) atoms. The van der Waals surface area contributed by atoms with Gasteiger partial charge in [-0.3, -0.25) is 9.80 Å². The van der Waals surface area contributed by atoms with Gasteiger partial charge in [0.05, 0.1) is 0 Å². The van der Waals surface area contributed by atoms with E-state index in [1.165, 1.54) is 16.7 Å². The molecular formula is C17H29N3. The van der Waals surface area contributed by atoms with E-state index in [4.69, 9.17) is 5.73 Å². The van der Waals surface area contributed by atoms with Gasteiger partial charge in [-0.1, -0.05) is 18.2 Å². The SMILES string of the molecule is Cc1ccc(C(N)CN2CCN(C(C)C)CC2)cc1C. The predicted octanol–water partition coefficient (Wildman–Crippen LogP) is 2.33. The van der Waals surface area contributed by atoms with Crippen molar-refractivity contribution in [3.8, 4) is 0 Å². The van der Waals surface area contributed by atoms with Crippen molar-refractivity contribution in [1.29, 1.82) is 0 Å². The highest BCUT2D eigenvalue weighted by Crippen LogP contribution is 2.17. The zero-order chi connectivity index (χ0) is 14.7. The molecule has 112 valence electrons. The first-order valence-electron chi connectivity index (χ1n) is 7.76. The zero-order valence-electron chi connectivity index (χ0n) is 13.4. The van der Waals surface area contributed by atoms with Crippen LogP contribution in [0.15, 0.2) is 18.2 Å². The predicted molar refractivity (Wildman–Crippen MR) is 86.0 cm³/mol. The lowest BCUT2D eigenvalue weighted by Crippen LogP contribution is -2.50. The number of benzene rings is 1. The van der Waals surface area contributed by atoms with Crippen molar-refractivity contribution in [3.63, 3.8) is 0 Å². The molecule has 1 atom stereocenters. The van der Waals surface area contributed by atoms with Gasteiger partial charge < -0.3 is 5.73 Å². The second-order valence-corrected chi connectivity index (χ2v) is 6.38. The fraction of sp³-hybridized carbons (Fsp3) is 0.647. The molecule has 1 aromatic carbocycles. The van der Waals surface area contributed by atoms with E-state index < -0.39 is 0 Å². The minimum atomic E-state index is 0.125. The van der Waals surface area contributed by atoms with Crippen molar-refractivity contribution in [2.75, 3.05) is 32.7 Å². The van der Waals surface area contributed by atoms with Crippen LogP contribution in [0.25, 0.3) is 0 Å². The van der Waals surface area contributed by atoms with Crippen LogP contribution in [0.5, 0.6) is 0 Å². The first-order valence-corrected chi connectivity index (χ1v) is 7.76. The minimum absolute atomic E-state index is 0.125. The van der Waals surface area contributed by atoms with Crippen LogP contribution in [0.4, 0.5) is 0 Å². The van der Waals surface area contributed by atoms with Crippen LogP contribution in [0.3, 0.4) is 0 Å². The average molecular weight is 275 g/mol. The van der Waals surface area contributed by atoms with Crippen LogP contribution in [0, 0.1) is 13.8 Å². The Morgan fingerprint density at radius 1 is 1.05 bits per heavy atom. The molecule has 3 nitrogen and oxygen atoms in total. The second kappa shape index (κ2) is 6.70. The summed E-state index contributed by atoms with van der Waals surface area (Å²) in [4.78, 5) is 5.04. The molecule has 1 fully saturated rings. The number of nitrogens with zero attached hydrogens (tertiary/aromatic N) is 2. The Balaban J connectivity index is 1.89. The lowest BCUT2D eigenvalue weighted by atomic mass is 10.0. The summed E-state index contributed by atoms with van der Waals surface area (Å²) in [5.41, 5.74) is 10.3. The maximum Gasteiger partial charge on any atom is 0.0424 e. The third-order valence-electron chi connectivity index (χ3n) is 4.55. The first kappa shape index (κ1) is 15.5. The van der Waals surface area contributed by atoms with Gasteiger partial charge in [0.1, 0.15) is 0 Å². The lowest BCUT2D eigenvalue weighted by molar-refractivity contribution is 0.104. The van der Waals surface area contributed by atoms with Gasteiger partial charge in [-0.25, -0.2) is 0 Å². The molecule has 0 spiro atoms. The van der Waals surface area contributed by atoms with E-state index >= 15 is 0 Å². The summed E-state index contributed by atoms with van der Waals surface area (Å²) in [5, 5.41) is 0. The standard InChI is InChI=1S/C17H29N3/c1-13(2)20-9-7-19(8-10-20)12-17(18)16-6-5-14(3)15(4)11-16/h5-6,11,13,17H,7-10,12,18H2,1-4H3. The van der Waals surface area contributed by atoms with Crippen molar-refractivity contribution >= 4 is 0 Å². The fourth-order valence-electron chi connectivity index (χ4n) is 2.84. The van der Waals surface area contributed by atoms with Crippen LogP contribution in [0.1, 0.15) is 36.6 Å². The summed E-state index contributed by atoms with van der Waals surface area (Å²) in [6.07, 6.45) is 0. The Morgan fingerprint density at radius 3 is 2.25 bits per heavy atom. The quantitative estimate of drug-likeness (QED) is 0.915. The molecule has 1 unspecified atom stereocenters. The molecule has 0 radical (unpaired) electrons. The van der Waals surface area contributed by atoms with Crippen LogP contribution in [-0.4, -0.2) is 48.6 Å². The maximum atomic E-state index is 6.38. The van der Waals surface area contributed by atoms with Gasteiger partial charge in [0.2, 0.25) is 0 Å². The molecular weight excluding hydrogens is 246 g/mol. The number of hydrogen-bond acceptors (Lipinski definition) is 3. The third kappa shape index (κ3) is 3.81. The third-order valence-corrected chi connectivity index (χ3v) is 4.55. The molecule has 1 aliphatic heterocycles. The van der Waals surface area contributed by atoms with Crippen molar-refractivity contribution < 1.29 is 0 Å². The molecule has 0 amide bonds. The normalized spacial score (nSPS) is 19.5. The highest BCUT2D eigenvalue weighted by Gasteiger charge is 2.20. The molecule has 3 heteroatoms. The summed E-state index contributed by atoms with van der Waals surface area (Å²) in [5.74, 6) is 0. The minimum Gasteiger partial charge on any atom is -0.323 e. The van der Waals surface area contributed by atoms with E-state index in [0.717, 1.165) is 32.7 Å². The zero-order valence-corrected chi connectivity index (χ0v) is 13.4. The largest absolute Gasteiger partial charge is 0.323 e. The van der Waals surface area contributed by atoms with Crippen molar-refractivity contribution in [1.82, 2.24) is 9.80 Å². The van der Waals surface area contributed by atoms with Crippen molar-refractivity contribution in [2.45, 2.75) is 39.8 Å². The molecule has 1 aliphatic rings. The van der Waals surface area contributed by atoms with E-state index in [-0.39, 0.29) is 6.04 Å². The Kier molecular flexibility index (Phi) is 5.19. The molecule has 0 aliphatic carbocycles. The highest BCUT2D eigenvalue weighted by atomic mass is 15.3. The Labute approximate surface area is 123 Å². The maximum absolute atomic E-state index is 6.38. The molecule has 1 heterocycles. The fourth-order valence-corrected chi connectivity index (χ4v) is 2.84. The summed E-state index contributed by atoms with van der Waals surface area (Å²) >= 11 is 0. The molecule has 0 saturated carbocycles. The second-order valence-electron chi connectivity index (χ2n) is 6.38. The van der Waals surface area contributed by atoms with E-state index in [1.807, 2.05) is 0 Å². The monoisotopic (exact) mass is 275 g/mol. The average Bonchev–Trinajstić information content (AvgIpc) is 2.42. The Hall–Kier alpha value is -0.900. The number of piperazine rings is 1. The molecule has 0 bridgehead atoms. The van der Waals surface area contributed by atoms with Crippen LogP contribution in [-0.2, 0) is 0 Å². The number of hydrogen-bond donors (Lipinski definition) is 1. The van der Waals surface area contributed by atoms with Crippen molar-refractivity contribution in [3.05, 3.63) is 34.9 Å². The molecule has 1 aromatic rings. The van der Waals surface area contributed by atoms with Gasteiger partial charge in [-0.05, 0) is 44.4 Å². The van der Waals surface area contributed by atoms with E-state index in [9.17, 15) is 0 Å². The molecule has 2 rings (SSSR count). The number of rotatable bonds is 4.